The van der Waals surface area contributed by atoms with Crippen molar-refractivity contribution in [2.45, 2.75) is 26.3 Å². The number of methoxy groups -OCH3 is 2. The molecule has 0 atom stereocenters. The Morgan fingerprint density at radius 3 is 2.52 bits per heavy atom. The summed E-state index contributed by atoms with van der Waals surface area (Å²) >= 11 is 0. The van der Waals surface area contributed by atoms with E-state index in [2.05, 4.69) is 47.1 Å². The second-order valence-electron chi connectivity index (χ2n) is 8.28. The van der Waals surface area contributed by atoms with Crippen molar-refractivity contribution in [2.75, 3.05) is 27.8 Å². The van der Waals surface area contributed by atoms with E-state index in [1.54, 1.807) is 14.2 Å². The third-order valence-corrected chi connectivity index (χ3v) is 5.57. The van der Waals surface area contributed by atoms with Gasteiger partial charge in [-0.15, -0.1) is 16.6 Å². The predicted octanol–water partition coefficient (Wildman–Crippen LogP) is 5.09. The lowest BCUT2D eigenvalue weighted by Crippen LogP contribution is -2.17. The van der Waals surface area contributed by atoms with Crippen molar-refractivity contribution in [2.24, 2.45) is 0 Å². The first-order chi connectivity index (χ1) is 15.9. The molecule has 2 aromatic carbocycles. The average molecular weight is 445 g/mol. The van der Waals surface area contributed by atoms with Gasteiger partial charge in [0, 0.05) is 22.0 Å². The van der Waals surface area contributed by atoms with Gasteiger partial charge in [0.1, 0.15) is 0 Å². The molecule has 0 bridgehead atoms. The van der Waals surface area contributed by atoms with Gasteiger partial charge in [0.2, 0.25) is 11.8 Å². The molecule has 1 N–H and O–H groups in total. The maximum absolute atomic E-state index is 5.91. The number of H-pyrrole nitrogens is 1. The number of aromatic amines is 1. The van der Waals surface area contributed by atoms with E-state index in [9.17, 15) is 0 Å². The number of fused-ring (bicyclic) bond motifs is 1. The van der Waals surface area contributed by atoms with Gasteiger partial charge in [0.25, 0.3) is 0 Å². The van der Waals surface area contributed by atoms with E-state index in [1.165, 1.54) is 5.56 Å². The summed E-state index contributed by atoms with van der Waals surface area (Å²) in [7, 11) is 5.20. The Morgan fingerprint density at radius 1 is 1.06 bits per heavy atom. The van der Waals surface area contributed by atoms with Gasteiger partial charge < -0.3 is 18.9 Å². The molecule has 33 heavy (non-hydrogen) atoms. The first-order valence-electron chi connectivity index (χ1n) is 10.8. The molecule has 2 aromatic heterocycles. The Bertz CT molecular complexity index is 1310. The number of hydrogen-bond acceptors (Lipinski definition) is 6. The zero-order valence-corrected chi connectivity index (χ0v) is 19.6. The standard InChI is InChI=1S/C26H28N4O3/c1-7-12-30(4)15-23-28-29-26(33-23)18-8-10-20-19(13-18)24(16(2)3)25(27-20)17-9-11-21(31-5)22(14-17)32-6/h1,8-11,13-14,16,27H,12,15H2,2-6H3. The van der Waals surface area contributed by atoms with Crippen molar-refractivity contribution >= 4 is 10.9 Å². The van der Waals surface area contributed by atoms with Gasteiger partial charge in [-0.05, 0) is 54.9 Å². The molecule has 170 valence electrons. The van der Waals surface area contributed by atoms with E-state index in [0.717, 1.165) is 27.7 Å². The highest BCUT2D eigenvalue weighted by Gasteiger charge is 2.19. The molecule has 4 aromatic rings. The minimum atomic E-state index is 0.285. The van der Waals surface area contributed by atoms with Crippen LogP contribution in [0.4, 0.5) is 0 Å². The fraction of sp³-hybridized carbons (Fsp3) is 0.308. The summed E-state index contributed by atoms with van der Waals surface area (Å²) < 4.78 is 16.8. The highest BCUT2D eigenvalue weighted by molar-refractivity contribution is 5.94. The molecular weight excluding hydrogens is 416 g/mol. The number of nitrogens with one attached hydrogen (secondary N) is 1. The second kappa shape index (κ2) is 9.39. The summed E-state index contributed by atoms with van der Waals surface area (Å²) in [6.07, 6.45) is 5.37. The van der Waals surface area contributed by atoms with Crippen LogP contribution in [0.15, 0.2) is 40.8 Å². The number of aromatic nitrogens is 3. The number of benzene rings is 2. The summed E-state index contributed by atoms with van der Waals surface area (Å²) in [5.74, 6) is 5.31. The highest BCUT2D eigenvalue weighted by atomic mass is 16.5. The van der Waals surface area contributed by atoms with Crippen LogP contribution in [0.25, 0.3) is 33.6 Å². The Labute approximate surface area is 193 Å². The zero-order valence-electron chi connectivity index (χ0n) is 19.6. The number of hydrogen-bond donors (Lipinski definition) is 1. The van der Waals surface area contributed by atoms with Gasteiger partial charge in [-0.1, -0.05) is 19.8 Å². The maximum Gasteiger partial charge on any atom is 0.247 e. The fourth-order valence-corrected chi connectivity index (χ4v) is 4.04. The van der Waals surface area contributed by atoms with Crippen molar-refractivity contribution in [3.63, 3.8) is 0 Å². The van der Waals surface area contributed by atoms with Crippen LogP contribution in [-0.2, 0) is 6.54 Å². The topological polar surface area (TPSA) is 76.4 Å². The van der Waals surface area contributed by atoms with Crippen LogP contribution in [0, 0.1) is 12.3 Å². The van der Waals surface area contributed by atoms with Crippen molar-refractivity contribution in [1.82, 2.24) is 20.1 Å². The molecular formula is C26H28N4O3. The second-order valence-corrected chi connectivity index (χ2v) is 8.28. The summed E-state index contributed by atoms with van der Waals surface area (Å²) in [6, 6.07) is 12.1. The largest absolute Gasteiger partial charge is 0.493 e. The van der Waals surface area contributed by atoms with Crippen LogP contribution in [0.3, 0.4) is 0 Å². The van der Waals surface area contributed by atoms with Gasteiger partial charge in [0.05, 0.1) is 33.0 Å². The molecule has 0 saturated heterocycles. The maximum atomic E-state index is 5.91. The van der Waals surface area contributed by atoms with Gasteiger partial charge in [-0.3, -0.25) is 4.90 Å². The summed E-state index contributed by atoms with van der Waals surface area (Å²) in [5, 5.41) is 9.55. The first kappa shape index (κ1) is 22.4. The third-order valence-electron chi connectivity index (χ3n) is 5.57. The molecule has 4 rings (SSSR count). The van der Waals surface area contributed by atoms with E-state index in [-0.39, 0.29) is 5.92 Å². The number of ether oxygens (including phenoxy) is 2. The van der Waals surface area contributed by atoms with Gasteiger partial charge >= 0.3 is 0 Å². The van der Waals surface area contributed by atoms with Gasteiger partial charge in [0.15, 0.2) is 11.5 Å². The lowest BCUT2D eigenvalue weighted by Gasteiger charge is -2.12. The van der Waals surface area contributed by atoms with Crippen LogP contribution in [0.2, 0.25) is 0 Å². The van der Waals surface area contributed by atoms with Crippen LogP contribution >= 0.6 is 0 Å². The van der Waals surface area contributed by atoms with Crippen molar-refractivity contribution in [1.29, 1.82) is 0 Å². The minimum Gasteiger partial charge on any atom is -0.493 e. The van der Waals surface area contributed by atoms with E-state index in [0.29, 0.717) is 36.4 Å². The summed E-state index contributed by atoms with van der Waals surface area (Å²) in [6.45, 7) is 5.39. The van der Waals surface area contributed by atoms with E-state index in [4.69, 9.17) is 20.3 Å². The van der Waals surface area contributed by atoms with Crippen LogP contribution in [-0.4, -0.2) is 47.9 Å². The van der Waals surface area contributed by atoms with Gasteiger partial charge in [-0.2, -0.15) is 0 Å². The Balaban J connectivity index is 1.76. The molecule has 0 spiro atoms. The SMILES string of the molecule is C#CCN(C)Cc1nnc(-c2ccc3[nH]c(-c4ccc(OC)c(OC)c4)c(C(C)C)c3c2)o1. The van der Waals surface area contributed by atoms with E-state index in [1.807, 2.05) is 36.2 Å². The molecule has 0 aliphatic rings. The van der Waals surface area contributed by atoms with E-state index >= 15 is 0 Å². The predicted molar refractivity (Wildman–Crippen MR) is 129 cm³/mol. The number of terminal acetylenes is 1. The number of rotatable bonds is 8. The molecule has 0 aliphatic heterocycles. The quantitative estimate of drug-likeness (QED) is 0.382. The monoisotopic (exact) mass is 444 g/mol. The van der Waals surface area contributed by atoms with Gasteiger partial charge in [-0.25, -0.2) is 0 Å². The third kappa shape index (κ3) is 4.43. The minimum absolute atomic E-state index is 0.285. The fourth-order valence-electron chi connectivity index (χ4n) is 4.04. The first-order valence-corrected chi connectivity index (χ1v) is 10.8. The molecule has 7 nitrogen and oxygen atoms in total. The van der Waals surface area contributed by atoms with Crippen LogP contribution in [0.5, 0.6) is 11.5 Å². The van der Waals surface area contributed by atoms with Crippen molar-refractivity contribution in [3.05, 3.63) is 47.9 Å². The summed E-state index contributed by atoms with van der Waals surface area (Å²) in [5.41, 5.74) is 5.22. The molecule has 0 fully saturated rings. The lowest BCUT2D eigenvalue weighted by atomic mass is 9.95. The summed E-state index contributed by atoms with van der Waals surface area (Å²) in [4.78, 5) is 5.53. The molecule has 0 amide bonds. The van der Waals surface area contributed by atoms with Crippen molar-refractivity contribution in [3.8, 4) is 46.6 Å². The Hall–Kier alpha value is -3.76. The van der Waals surface area contributed by atoms with Crippen LogP contribution in [0.1, 0.15) is 31.2 Å². The normalized spacial score (nSPS) is 11.3. The molecule has 2 heterocycles. The molecule has 0 aliphatic carbocycles. The molecule has 0 radical (unpaired) electrons. The molecule has 0 saturated carbocycles. The average Bonchev–Trinajstić information content (AvgIpc) is 3.42. The molecule has 7 heteroatoms. The molecule has 0 unspecified atom stereocenters. The Kier molecular flexibility index (Phi) is 6.38. The van der Waals surface area contributed by atoms with Crippen LogP contribution < -0.4 is 9.47 Å². The smallest absolute Gasteiger partial charge is 0.247 e. The lowest BCUT2D eigenvalue weighted by molar-refractivity contribution is 0.321. The van der Waals surface area contributed by atoms with E-state index < -0.39 is 0 Å². The van der Waals surface area contributed by atoms with Crippen molar-refractivity contribution < 1.29 is 13.9 Å². The number of nitrogens with zero attached hydrogens (tertiary/aromatic N) is 3. The Morgan fingerprint density at radius 2 is 1.82 bits per heavy atom. The highest BCUT2D eigenvalue weighted by Crippen LogP contribution is 2.40. The zero-order chi connectivity index (χ0) is 23.5.